The summed E-state index contributed by atoms with van der Waals surface area (Å²) in [6.07, 6.45) is 5.00. The lowest BCUT2D eigenvalue weighted by atomic mass is 10.3. The Labute approximate surface area is 109 Å². The minimum Gasteiger partial charge on any atom is -0.478 e. The number of nitrogens with one attached hydrogen (secondary N) is 1. The molecule has 0 fully saturated rings. The summed E-state index contributed by atoms with van der Waals surface area (Å²) in [5.41, 5.74) is 0. The smallest absolute Gasteiger partial charge is 0.260 e. The number of hydrogen-bond acceptors (Lipinski definition) is 3. The van der Waals surface area contributed by atoms with E-state index in [1.54, 1.807) is 24.0 Å². The third-order valence-electron chi connectivity index (χ3n) is 2.62. The lowest BCUT2D eigenvalue weighted by molar-refractivity contribution is -0.127. The molecule has 18 heavy (non-hydrogen) atoms. The summed E-state index contributed by atoms with van der Waals surface area (Å²) in [6, 6.07) is 0.288. The van der Waals surface area contributed by atoms with E-state index in [0.717, 1.165) is 12.8 Å². The highest BCUT2D eigenvalue weighted by atomic mass is 16.5. The summed E-state index contributed by atoms with van der Waals surface area (Å²) in [7, 11) is 0. The van der Waals surface area contributed by atoms with Crippen LogP contribution in [-0.2, 0) is 4.79 Å². The summed E-state index contributed by atoms with van der Waals surface area (Å²) >= 11 is 0. The molecule has 0 aliphatic rings. The predicted octanol–water partition coefficient (Wildman–Crippen LogP) is 2.15. The van der Waals surface area contributed by atoms with Gasteiger partial charge < -0.3 is 10.1 Å². The Balaban J connectivity index is 2.42. The number of carbonyl (C=O) groups is 1. The number of hydrogen-bond donors (Lipinski definition) is 1. The number of ether oxygens (including phenoxy) is 1. The monoisotopic (exact) mass is 253 g/mol. The molecule has 1 rings (SSSR count). The average Bonchev–Trinajstić information content (AvgIpc) is 2.77. The molecule has 1 heterocycles. The molecule has 0 saturated heterocycles. The number of aromatic nitrogens is 2. The van der Waals surface area contributed by atoms with Crippen molar-refractivity contribution in [3.05, 3.63) is 12.4 Å². The fraction of sp³-hybridized carbons (Fsp3) is 0.692. The minimum absolute atomic E-state index is 0.0826. The van der Waals surface area contributed by atoms with E-state index in [1.165, 1.54) is 0 Å². The normalized spacial score (nSPS) is 12.5. The van der Waals surface area contributed by atoms with Crippen molar-refractivity contribution in [1.29, 1.82) is 0 Å². The van der Waals surface area contributed by atoms with Crippen LogP contribution in [0.4, 0.5) is 0 Å². The van der Waals surface area contributed by atoms with Gasteiger partial charge in [-0.2, -0.15) is 5.10 Å². The number of rotatable bonds is 7. The first-order valence-corrected chi connectivity index (χ1v) is 6.53. The summed E-state index contributed by atoms with van der Waals surface area (Å²) in [5, 5.41) is 7.01. The fourth-order valence-corrected chi connectivity index (χ4v) is 1.45. The number of amides is 1. The van der Waals surface area contributed by atoms with Crippen molar-refractivity contribution in [2.75, 3.05) is 6.54 Å². The number of unbranched alkanes of at least 4 members (excludes halogenated alkanes) is 1. The molecular formula is C13H23N3O2. The largest absolute Gasteiger partial charge is 0.478 e. The van der Waals surface area contributed by atoms with Gasteiger partial charge in [0, 0.05) is 12.6 Å². The van der Waals surface area contributed by atoms with Gasteiger partial charge in [-0.25, -0.2) is 0 Å². The van der Waals surface area contributed by atoms with Crippen LogP contribution >= 0.6 is 0 Å². The van der Waals surface area contributed by atoms with Crippen molar-refractivity contribution in [3.8, 4) is 5.75 Å². The van der Waals surface area contributed by atoms with Gasteiger partial charge in [-0.15, -0.1) is 0 Å². The van der Waals surface area contributed by atoms with Gasteiger partial charge in [0.05, 0.1) is 12.4 Å². The molecule has 0 aliphatic heterocycles. The number of carbonyl (C=O) groups excluding carboxylic acids is 1. The quantitative estimate of drug-likeness (QED) is 0.757. The van der Waals surface area contributed by atoms with Crippen LogP contribution in [0, 0.1) is 0 Å². The molecule has 0 radical (unpaired) electrons. The van der Waals surface area contributed by atoms with Crippen LogP contribution in [0.1, 0.15) is 46.6 Å². The third kappa shape index (κ3) is 4.39. The lowest BCUT2D eigenvalue weighted by Gasteiger charge is -2.13. The zero-order chi connectivity index (χ0) is 13.5. The first-order chi connectivity index (χ1) is 8.54. The van der Waals surface area contributed by atoms with Gasteiger partial charge in [0.2, 0.25) is 0 Å². The SMILES string of the molecule is CCCCNC(=O)C(C)Oc1cnn(C(C)C)c1. The van der Waals surface area contributed by atoms with Crippen LogP contribution in [0.15, 0.2) is 12.4 Å². The maximum atomic E-state index is 11.7. The second kappa shape index (κ2) is 7.03. The van der Waals surface area contributed by atoms with Gasteiger partial charge in [-0.05, 0) is 27.2 Å². The minimum atomic E-state index is -0.494. The van der Waals surface area contributed by atoms with Crippen molar-refractivity contribution in [2.45, 2.75) is 52.7 Å². The van der Waals surface area contributed by atoms with Gasteiger partial charge >= 0.3 is 0 Å². The molecule has 0 aliphatic carbocycles. The van der Waals surface area contributed by atoms with Crippen LogP contribution in [-0.4, -0.2) is 28.3 Å². The first kappa shape index (κ1) is 14.5. The molecule has 5 heteroatoms. The van der Waals surface area contributed by atoms with Gasteiger partial charge in [0.1, 0.15) is 0 Å². The Morgan fingerprint density at radius 2 is 2.22 bits per heavy atom. The Bertz CT molecular complexity index is 374. The molecule has 0 saturated carbocycles. The lowest BCUT2D eigenvalue weighted by Crippen LogP contribution is -2.36. The fourth-order valence-electron chi connectivity index (χ4n) is 1.45. The molecule has 1 atom stereocenters. The van der Waals surface area contributed by atoms with Crippen molar-refractivity contribution in [1.82, 2.24) is 15.1 Å². The van der Waals surface area contributed by atoms with Crippen LogP contribution < -0.4 is 10.1 Å². The Morgan fingerprint density at radius 1 is 1.50 bits per heavy atom. The zero-order valence-electron chi connectivity index (χ0n) is 11.6. The molecule has 5 nitrogen and oxygen atoms in total. The van der Waals surface area contributed by atoms with Crippen molar-refractivity contribution >= 4 is 5.91 Å². The molecule has 1 N–H and O–H groups in total. The van der Waals surface area contributed by atoms with Crippen molar-refractivity contribution in [3.63, 3.8) is 0 Å². The average molecular weight is 253 g/mol. The summed E-state index contributed by atoms with van der Waals surface area (Å²) in [4.78, 5) is 11.7. The molecule has 1 unspecified atom stereocenters. The third-order valence-corrected chi connectivity index (χ3v) is 2.62. The molecule has 102 valence electrons. The van der Waals surface area contributed by atoms with E-state index < -0.39 is 6.10 Å². The topological polar surface area (TPSA) is 56.1 Å². The van der Waals surface area contributed by atoms with E-state index in [-0.39, 0.29) is 11.9 Å². The Hall–Kier alpha value is -1.52. The van der Waals surface area contributed by atoms with Gasteiger partial charge in [0.15, 0.2) is 11.9 Å². The van der Waals surface area contributed by atoms with Crippen LogP contribution in [0.5, 0.6) is 5.75 Å². The highest BCUT2D eigenvalue weighted by Crippen LogP contribution is 2.13. The summed E-state index contributed by atoms with van der Waals surface area (Å²) in [6.45, 7) is 8.62. The van der Waals surface area contributed by atoms with E-state index >= 15 is 0 Å². The van der Waals surface area contributed by atoms with Crippen LogP contribution in [0.2, 0.25) is 0 Å². The van der Waals surface area contributed by atoms with E-state index in [2.05, 4.69) is 17.3 Å². The molecule has 0 bridgehead atoms. The molecule has 0 spiro atoms. The zero-order valence-corrected chi connectivity index (χ0v) is 11.6. The summed E-state index contributed by atoms with van der Waals surface area (Å²) in [5.74, 6) is 0.544. The van der Waals surface area contributed by atoms with Crippen LogP contribution in [0.3, 0.4) is 0 Å². The maximum Gasteiger partial charge on any atom is 0.260 e. The second-order valence-electron chi connectivity index (χ2n) is 4.65. The van der Waals surface area contributed by atoms with E-state index in [0.29, 0.717) is 12.3 Å². The molecule has 1 amide bonds. The second-order valence-corrected chi connectivity index (χ2v) is 4.65. The molecule has 1 aromatic heterocycles. The highest BCUT2D eigenvalue weighted by molar-refractivity contribution is 5.80. The van der Waals surface area contributed by atoms with E-state index in [4.69, 9.17) is 4.74 Å². The Morgan fingerprint density at radius 3 is 2.78 bits per heavy atom. The van der Waals surface area contributed by atoms with Gasteiger partial charge in [-0.1, -0.05) is 13.3 Å². The highest BCUT2D eigenvalue weighted by Gasteiger charge is 2.15. The number of nitrogens with zero attached hydrogens (tertiary/aromatic N) is 2. The molecule has 1 aromatic rings. The molecular weight excluding hydrogens is 230 g/mol. The summed E-state index contributed by atoms with van der Waals surface area (Å²) < 4.78 is 7.34. The van der Waals surface area contributed by atoms with Crippen molar-refractivity contribution < 1.29 is 9.53 Å². The van der Waals surface area contributed by atoms with E-state index in [9.17, 15) is 4.79 Å². The standard InChI is InChI=1S/C13H23N3O2/c1-5-6-7-14-13(17)11(4)18-12-8-15-16(9-12)10(2)3/h8-11H,5-7H2,1-4H3,(H,14,17). The molecule has 0 aromatic carbocycles. The van der Waals surface area contributed by atoms with Gasteiger partial charge in [-0.3, -0.25) is 9.48 Å². The Kier molecular flexibility index (Phi) is 5.68. The van der Waals surface area contributed by atoms with Crippen molar-refractivity contribution in [2.24, 2.45) is 0 Å². The maximum absolute atomic E-state index is 11.7. The predicted molar refractivity (Wildman–Crippen MR) is 70.6 cm³/mol. The van der Waals surface area contributed by atoms with E-state index in [1.807, 2.05) is 13.8 Å². The van der Waals surface area contributed by atoms with Crippen LogP contribution in [0.25, 0.3) is 0 Å². The van der Waals surface area contributed by atoms with Gasteiger partial charge in [0.25, 0.3) is 5.91 Å². The first-order valence-electron chi connectivity index (χ1n) is 6.53.